The Kier molecular flexibility index (Phi) is 9.18. The Morgan fingerprint density at radius 2 is 1.60 bits per heavy atom. The van der Waals surface area contributed by atoms with Crippen LogP contribution in [0.1, 0.15) is 87.1 Å². The van der Waals surface area contributed by atoms with Crippen LogP contribution in [0.25, 0.3) is 0 Å². The Hall–Kier alpha value is -3.43. The molecule has 1 aliphatic carbocycles. The molecule has 0 bridgehead atoms. The molecule has 226 valence electrons. The number of primary amides is 1. The highest BCUT2D eigenvalue weighted by Gasteiger charge is 2.54. The van der Waals surface area contributed by atoms with Crippen LogP contribution in [0.5, 0.6) is 11.5 Å². The first-order valence-electron chi connectivity index (χ1n) is 15.5. The zero-order valence-corrected chi connectivity index (χ0v) is 24.6. The van der Waals surface area contributed by atoms with Crippen LogP contribution < -0.4 is 15.8 Å². The van der Waals surface area contributed by atoms with E-state index in [4.69, 9.17) is 10.5 Å². The molecule has 2 aromatic carbocycles. The van der Waals surface area contributed by atoms with Crippen molar-refractivity contribution in [3.8, 4) is 11.5 Å². The van der Waals surface area contributed by atoms with Crippen LogP contribution in [0.2, 0.25) is 0 Å². The van der Waals surface area contributed by atoms with Gasteiger partial charge >= 0.3 is 0 Å². The number of piperidine rings is 1. The van der Waals surface area contributed by atoms with Crippen molar-refractivity contribution >= 4 is 17.7 Å². The lowest BCUT2D eigenvalue weighted by molar-refractivity contribution is -0.163. The van der Waals surface area contributed by atoms with Gasteiger partial charge in [-0.05, 0) is 74.1 Å². The molecule has 2 aliphatic heterocycles. The molecule has 3 amide bonds. The molecule has 0 unspecified atom stereocenters. The second kappa shape index (κ2) is 12.8. The van der Waals surface area contributed by atoms with E-state index in [1.807, 2.05) is 29.2 Å². The van der Waals surface area contributed by atoms with Gasteiger partial charge < -0.3 is 25.8 Å². The lowest BCUT2D eigenvalue weighted by atomic mass is 9.77. The lowest BCUT2D eigenvalue weighted by Gasteiger charge is -2.52. The molecule has 2 saturated heterocycles. The van der Waals surface area contributed by atoms with Gasteiger partial charge in [0.05, 0.1) is 5.60 Å². The van der Waals surface area contributed by atoms with E-state index >= 15 is 0 Å². The molecule has 0 radical (unpaired) electrons. The number of aliphatic hydroxyl groups is 1. The molecule has 3 aliphatic rings. The van der Waals surface area contributed by atoms with E-state index in [9.17, 15) is 19.5 Å². The zero-order chi connectivity index (χ0) is 29.7. The van der Waals surface area contributed by atoms with Crippen LogP contribution in [-0.4, -0.2) is 69.4 Å². The number of ether oxygens (including phenoxy) is 1. The smallest absolute Gasteiger partial charge is 0.248 e. The monoisotopic (exact) mass is 576 g/mol. The highest BCUT2D eigenvalue weighted by Crippen LogP contribution is 2.37. The number of nitrogens with zero attached hydrogens (tertiary/aromatic N) is 2. The van der Waals surface area contributed by atoms with Crippen LogP contribution in [0, 0.1) is 0 Å². The van der Waals surface area contributed by atoms with Crippen molar-refractivity contribution in [2.24, 2.45) is 5.73 Å². The Morgan fingerprint density at radius 3 is 2.19 bits per heavy atom. The van der Waals surface area contributed by atoms with Crippen molar-refractivity contribution in [1.29, 1.82) is 0 Å². The van der Waals surface area contributed by atoms with Gasteiger partial charge in [-0.2, -0.15) is 0 Å². The SMILES string of the molecule is CCCCN1C(=O)[C@@H](CC2(O)CCCCC2)NC(=O)C12CCN(Cc1ccc(Oc3ccc(C(N)=O)cc3)cc1)CC2. The number of nitrogens with two attached hydrogens (primary N) is 1. The number of unbranched alkanes of at least 4 members (excludes halogenated alkanes) is 1. The fourth-order valence-electron chi connectivity index (χ4n) is 6.77. The summed E-state index contributed by atoms with van der Waals surface area (Å²) in [6.07, 6.45) is 7.71. The van der Waals surface area contributed by atoms with Gasteiger partial charge in [-0.3, -0.25) is 19.3 Å². The molecular formula is C33H44N4O5. The maximum atomic E-state index is 13.8. The van der Waals surface area contributed by atoms with E-state index in [2.05, 4.69) is 17.1 Å². The molecule has 1 saturated carbocycles. The van der Waals surface area contributed by atoms with Crippen molar-refractivity contribution in [1.82, 2.24) is 15.1 Å². The molecule has 0 aromatic heterocycles. The van der Waals surface area contributed by atoms with Gasteiger partial charge in [0.25, 0.3) is 0 Å². The van der Waals surface area contributed by atoms with Crippen LogP contribution in [-0.2, 0) is 16.1 Å². The second-order valence-corrected chi connectivity index (χ2v) is 12.3. The number of rotatable bonds is 10. The van der Waals surface area contributed by atoms with Gasteiger partial charge in [0.15, 0.2) is 0 Å². The first-order valence-corrected chi connectivity index (χ1v) is 15.5. The van der Waals surface area contributed by atoms with Crippen molar-refractivity contribution < 1.29 is 24.2 Å². The highest BCUT2D eigenvalue weighted by atomic mass is 16.5. The Balaban J connectivity index is 1.19. The van der Waals surface area contributed by atoms with Gasteiger partial charge in [0.2, 0.25) is 17.7 Å². The molecule has 2 heterocycles. The summed E-state index contributed by atoms with van der Waals surface area (Å²) in [5, 5.41) is 14.2. The van der Waals surface area contributed by atoms with Crippen molar-refractivity contribution in [2.45, 2.75) is 94.9 Å². The largest absolute Gasteiger partial charge is 0.457 e. The van der Waals surface area contributed by atoms with E-state index in [0.717, 1.165) is 44.2 Å². The summed E-state index contributed by atoms with van der Waals surface area (Å²) in [6, 6.07) is 14.0. The second-order valence-electron chi connectivity index (χ2n) is 12.3. The Labute approximate surface area is 248 Å². The van der Waals surface area contributed by atoms with E-state index in [1.54, 1.807) is 24.3 Å². The number of piperazine rings is 1. The number of hydrogen-bond donors (Lipinski definition) is 3. The molecule has 9 nitrogen and oxygen atoms in total. The Morgan fingerprint density at radius 1 is 0.976 bits per heavy atom. The van der Waals surface area contributed by atoms with E-state index in [1.165, 1.54) is 0 Å². The van der Waals surface area contributed by atoms with Gasteiger partial charge in [-0.25, -0.2) is 0 Å². The molecule has 9 heteroatoms. The van der Waals surface area contributed by atoms with Gasteiger partial charge in [-0.15, -0.1) is 0 Å². The first kappa shape index (κ1) is 30.0. The number of carbonyl (C=O) groups excluding carboxylic acids is 3. The van der Waals surface area contributed by atoms with Gasteiger partial charge in [-0.1, -0.05) is 44.7 Å². The van der Waals surface area contributed by atoms with E-state index in [-0.39, 0.29) is 11.8 Å². The van der Waals surface area contributed by atoms with Crippen LogP contribution >= 0.6 is 0 Å². The zero-order valence-electron chi connectivity index (χ0n) is 24.6. The molecule has 5 rings (SSSR count). The van der Waals surface area contributed by atoms with Crippen LogP contribution in [0.3, 0.4) is 0 Å². The summed E-state index contributed by atoms with van der Waals surface area (Å²) >= 11 is 0. The number of nitrogens with one attached hydrogen (secondary N) is 1. The Bertz CT molecular complexity index is 1250. The molecule has 1 spiro atoms. The average Bonchev–Trinajstić information content (AvgIpc) is 2.98. The van der Waals surface area contributed by atoms with Crippen molar-refractivity contribution in [3.63, 3.8) is 0 Å². The van der Waals surface area contributed by atoms with Gasteiger partial charge in [0.1, 0.15) is 23.1 Å². The summed E-state index contributed by atoms with van der Waals surface area (Å²) in [4.78, 5) is 43.0. The number of likely N-dealkylation sites (tertiary alicyclic amines) is 1. The quantitative estimate of drug-likeness (QED) is 0.391. The number of hydrogen-bond acceptors (Lipinski definition) is 6. The minimum atomic E-state index is -0.869. The fourth-order valence-corrected chi connectivity index (χ4v) is 6.77. The number of amides is 3. The van der Waals surface area contributed by atoms with Crippen molar-refractivity contribution in [2.75, 3.05) is 19.6 Å². The molecule has 42 heavy (non-hydrogen) atoms. The number of carbonyl (C=O) groups is 3. The fraction of sp³-hybridized carbons (Fsp3) is 0.545. The maximum absolute atomic E-state index is 13.8. The topological polar surface area (TPSA) is 125 Å². The van der Waals surface area contributed by atoms with E-state index < -0.39 is 23.1 Å². The van der Waals surface area contributed by atoms with Crippen LogP contribution in [0.4, 0.5) is 0 Å². The molecule has 1 atom stereocenters. The standard InChI is InChI=1S/C33H44N4O5/c1-2-3-19-37-30(39)28(22-32(41)15-5-4-6-16-32)35-31(40)33(37)17-20-36(21-18-33)23-24-7-11-26(12-8-24)42-27-13-9-25(10-14-27)29(34)38/h7-14,28,41H,2-6,15-23H2,1H3,(H2,34,38)(H,35,40)/t28-/m1/s1. The minimum Gasteiger partial charge on any atom is -0.457 e. The molecule has 3 fully saturated rings. The van der Waals surface area contributed by atoms with Crippen LogP contribution in [0.15, 0.2) is 48.5 Å². The van der Waals surface area contributed by atoms with Gasteiger partial charge in [0, 0.05) is 38.2 Å². The lowest BCUT2D eigenvalue weighted by Crippen LogP contribution is -2.73. The third-order valence-corrected chi connectivity index (χ3v) is 9.30. The summed E-state index contributed by atoms with van der Waals surface area (Å²) < 4.78 is 5.90. The summed E-state index contributed by atoms with van der Waals surface area (Å²) in [6.45, 7) is 4.83. The maximum Gasteiger partial charge on any atom is 0.248 e. The third kappa shape index (κ3) is 6.63. The summed E-state index contributed by atoms with van der Waals surface area (Å²) in [7, 11) is 0. The predicted molar refractivity (Wildman–Crippen MR) is 160 cm³/mol. The predicted octanol–water partition coefficient (Wildman–Crippen LogP) is 4.12. The average molecular weight is 577 g/mol. The molecule has 4 N–H and O–H groups in total. The first-order chi connectivity index (χ1) is 20.2. The highest BCUT2D eigenvalue weighted by molar-refractivity contribution is 6.00. The number of benzene rings is 2. The minimum absolute atomic E-state index is 0.0321. The van der Waals surface area contributed by atoms with Crippen molar-refractivity contribution in [3.05, 3.63) is 59.7 Å². The summed E-state index contributed by atoms with van der Waals surface area (Å²) in [5.41, 5.74) is 5.18. The molecular weight excluding hydrogens is 532 g/mol. The molecule has 2 aromatic rings. The normalized spacial score (nSPS) is 22.1. The summed E-state index contributed by atoms with van der Waals surface area (Å²) in [5.74, 6) is 0.747. The third-order valence-electron chi connectivity index (χ3n) is 9.30. The van der Waals surface area contributed by atoms with E-state index in [0.29, 0.717) is 68.8 Å².